The Bertz CT molecular complexity index is 671. The lowest BCUT2D eigenvalue weighted by molar-refractivity contribution is 0.794. The number of allylic oxidation sites excluding steroid dienone is 4. The highest BCUT2D eigenvalue weighted by molar-refractivity contribution is 5.23. The van der Waals surface area contributed by atoms with Gasteiger partial charge in [-0.25, -0.2) is 0 Å². The average Bonchev–Trinajstić information content (AvgIpc) is 2.75. The van der Waals surface area contributed by atoms with Crippen LogP contribution < -0.4 is 0 Å². The van der Waals surface area contributed by atoms with Crippen LogP contribution >= 0.6 is 0 Å². The van der Waals surface area contributed by atoms with E-state index in [1.165, 1.54) is 60.8 Å². The molecular weight excluding hydrogens is 348 g/mol. The monoisotopic (exact) mass is 390 g/mol. The molecule has 0 radical (unpaired) electrons. The lowest BCUT2D eigenvalue weighted by Crippen LogP contribution is -1.87. The zero-order valence-electron chi connectivity index (χ0n) is 19.3. The maximum absolute atomic E-state index is 2.28. The van der Waals surface area contributed by atoms with Crippen LogP contribution in [0.25, 0.3) is 0 Å². The van der Waals surface area contributed by atoms with Gasteiger partial charge in [-0.1, -0.05) is 99.5 Å². The van der Waals surface area contributed by atoms with Crippen molar-refractivity contribution in [2.75, 3.05) is 0 Å². The van der Waals surface area contributed by atoms with Crippen molar-refractivity contribution in [2.45, 2.75) is 85.5 Å². The van der Waals surface area contributed by atoms with E-state index >= 15 is 0 Å². The van der Waals surface area contributed by atoms with Crippen molar-refractivity contribution in [2.24, 2.45) is 0 Å². The maximum atomic E-state index is 2.28. The molecule has 0 saturated carbocycles. The molecule has 0 nitrogen and oxygen atoms in total. The quantitative estimate of drug-likeness (QED) is 0.337. The molecule has 0 aromatic heterocycles. The lowest BCUT2D eigenvalue weighted by Gasteiger charge is -2.02. The molecule has 0 saturated heterocycles. The van der Waals surface area contributed by atoms with E-state index in [1.807, 2.05) is 0 Å². The SMILES string of the molecule is C/C=C/CCc1ccc(CCC)cc1.C/C=C/CCc1ccc(CCCC)cc1. The maximum Gasteiger partial charge on any atom is -0.0244 e. The zero-order valence-corrected chi connectivity index (χ0v) is 19.3. The predicted octanol–water partition coefficient (Wildman–Crippen LogP) is 8.69. The summed E-state index contributed by atoms with van der Waals surface area (Å²) >= 11 is 0. The normalized spacial score (nSPS) is 11.0. The molecule has 0 aliphatic heterocycles. The highest BCUT2D eigenvalue weighted by atomic mass is 14.0. The van der Waals surface area contributed by atoms with E-state index in [-0.39, 0.29) is 0 Å². The average molecular weight is 391 g/mol. The Kier molecular flexibility index (Phi) is 14.5. The molecule has 0 heterocycles. The van der Waals surface area contributed by atoms with Gasteiger partial charge in [0.15, 0.2) is 0 Å². The molecule has 0 aliphatic rings. The van der Waals surface area contributed by atoms with Crippen LogP contribution in [0.4, 0.5) is 0 Å². The molecule has 29 heavy (non-hydrogen) atoms. The fraction of sp³-hybridized carbons (Fsp3) is 0.448. The van der Waals surface area contributed by atoms with Crippen molar-refractivity contribution >= 4 is 0 Å². The Morgan fingerprint density at radius 3 is 1.24 bits per heavy atom. The molecule has 2 aromatic carbocycles. The Morgan fingerprint density at radius 2 is 0.897 bits per heavy atom. The molecule has 0 spiro atoms. The minimum atomic E-state index is 1.16. The molecule has 2 aromatic rings. The van der Waals surface area contributed by atoms with E-state index in [9.17, 15) is 0 Å². The minimum absolute atomic E-state index is 1.16. The Labute approximate surface area is 180 Å². The zero-order chi connectivity index (χ0) is 21.2. The summed E-state index contributed by atoms with van der Waals surface area (Å²) in [5.74, 6) is 0. The topological polar surface area (TPSA) is 0 Å². The van der Waals surface area contributed by atoms with Gasteiger partial charge in [-0.3, -0.25) is 0 Å². The summed E-state index contributed by atoms with van der Waals surface area (Å²) in [5.41, 5.74) is 5.84. The predicted molar refractivity (Wildman–Crippen MR) is 132 cm³/mol. The first kappa shape index (κ1) is 25.0. The second-order valence-corrected chi connectivity index (χ2v) is 7.70. The van der Waals surface area contributed by atoms with Crippen molar-refractivity contribution in [3.05, 3.63) is 95.1 Å². The lowest BCUT2D eigenvalue weighted by atomic mass is 10.0. The van der Waals surface area contributed by atoms with Gasteiger partial charge in [0.1, 0.15) is 0 Å². The Balaban J connectivity index is 0.000000291. The van der Waals surface area contributed by atoms with Crippen molar-refractivity contribution in [1.29, 1.82) is 0 Å². The number of unbranched alkanes of at least 4 members (excludes halogenated alkanes) is 1. The first-order chi connectivity index (χ1) is 14.2. The second kappa shape index (κ2) is 16.8. The van der Waals surface area contributed by atoms with Gasteiger partial charge in [-0.2, -0.15) is 0 Å². The van der Waals surface area contributed by atoms with Gasteiger partial charge < -0.3 is 0 Å². The summed E-state index contributed by atoms with van der Waals surface area (Å²) in [6.45, 7) is 8.61. The van der Waals surface area contributed by atoms with Crippen molar-refractivity contribution in [3.8, 4) is 0 Å². The molecule has 0 N–H and O–H groups in total. The van der Waals surface area contributed by atoms with Gasteiger partial charge in [0.05, 0.1) is 0 Å². The Morgan fingerprint density at radius 1 is 0.517 bits per heavy atom. The second-order valence-electron chi connectivity index (χ2n) is 7.70. The molecule has 0 aliphatic carbocycles. The summed E-state index contributed by atoms with van der Waals surface area (Å²) in [6, 6.07) is 18.1. The summed E-state index contributed by atoms with van der Waals surface area (Å²) in [6.07, 6.45) is 19.6. The Hall–Kier alpha value is -2.08. The van der Waals surface area contributed by atoms with Gasteiger partial charge in [-0.05, 0) is 81.0 Å². The van der Waals surface area contributed by atoms with Crippen LogP contribution in [0.1, 0.15) is 82.1 Å². The van der Waals surface area contributed by atoms with E-state index in [0.29, 0.717) is 0 Å². The van der Waals surface area contributed by atoms with E-state index in [0.717, 1.165) is 19.3 Å². The molecule has 0 unspecified atom stereocenters. The first-order valence-electron chi connectivity index (χ1n) is 11.6. The summed E-state index contributed by atoms with van der Waals surface area (Å²) < 4.78 is 0. The van der Waals surface area contributed by atoms with Gasteiger partial charge in [-0.15, -0.1) is 0 Å². The molecular formula is C29H42. The highest BCUT2D eigenvalue weighted by Crippen LogP contribution is 2.10. The summed E-state index contributed by atoms with van der Waals surface area (Å²) in [4.78, 5) is 0. The van der Waals surface area contributed by atoms with Crippen LogP contribution in [0.5, 0.6) is 0 Å². The largest absolute Gasteiger partial charge is 0.0917 e. The van der Waals surface area contributed by atoms with Crippen LogP contribution in [0.3, 0.4) is 0 Å². The number of benzene rings is 2. The smallest absolute Gasteiger partial charge is 0.0244 e. The van der Waals surface area contributed by atoms with Crippen LogP contribution in [-0.4, -0.2) is 0 Å². The third-order valence-corrected chi connectivity index (χ3v) is 5.07. The van der Waals surface area contributed by atoms with Gasteiger partial charge in [0, 0.05) is 0 Å². The van der Waals surface area contributed by atoms with Crippen LogP contribution in [0.2, 0.25) is 0 Å². The first-order valence-corrected chi connectivity index (χ1v) is 11.6. The number of rotatable bonds is 11. The molecule has 0 bridgehead atoms. The van der Waals surface area contributed by atoms with E-state index in [4.69, 9.17) is 0 Å². The van der Waals surface area contributed by atoms with Gasteiger partial charge in [0.2, 0.25) is 0 Å². The molecule has 0 heteroatoms. The highest BCUT2D eigenvalue weighted by Gasteiger charge is 1.94. The van der Waals surface area contributed by atoms with E-state index in [1.54, 1.807) is 0 Å². The number of hydrogen-bond donors (Lipinski definition) is 0. The van der Waals surface area contributed by atoms with E-state index < -0.39 is 0 Å². The third-order valence-electron chi connectivity index (χ3n) is 5.07. The van der Waals surface area contributed by atoms with Crippen LogP contribution in [0, 0.1) is 0 Å². The van der Waals surface area contributed by atoms with Crippen molar-refractivity contribution < 1.29 is 0 Å². The summed E-state index contributed by atoms with van der Waals surface area (Å²) in [7, 11) is 0. The molecule has 0 atom stereocenters. The van der Waals surface area contributed by atoms with Gasteiger partial charge in [0.25, 0.3) is 0 Å². The fourth-order valence-corrected chi connectivity index (χ4v) is 3.25. The summed E-state index contributed by atoms with van der Waals surface area (Å²) in [5, 5.41) is 0. The minimum Gasteiger partial charge on any atom is -0.0917 e. The molecule has 2 rings (SSSR count). The van der Waals surface area contributed by atoms with Crippen molar-refractivity contribution in [3.63, 3.8) is 0 Å². The van der Waals surface area contributed by atoms with E-state index in [2.05, 4.69) is 101 Å². The standard InChI is InChI=1S/C15H22.C14H20/c1-3-5-7-9-15-12-10-14(11-13-15)8-6-4-2;1-3-5-6-8-14-11-9-13(7-4-2)10-12-14/h3,5,10-13H,4,6-9H2,1-2H3;3,5,9-12H,4,6-8H2,1-2H3/b2*5-3+. The molecule has 0 amide bonds. The molecule has 158 valence electrons. The third kappa shape index (κ3) is 12.2. The van der Waals surface area contributed by atoms with Crippen LogP contribution in [-0.2, 0) is 25.7 Å². The fourth-order valence-electron chi connectivity index (χ4n) is 3.25. The number of hydrogen-bond acceptors (Lipinski definition) is 0. The van der Waals surface area contributed by atoms with Crippen LogP contribution in [0.15, 0.2) is 72.8 Å². The van der Waals surface area contributed by atoms with Crippen molar-refractivity contribution in [1.82, 2.24) is 0 Å². The molecule has 0 fully saturated rings. The number of aryl methyl sites for hydroxylation is 4. The van der Waals surface area contributed by atoms with Gasteiger partial charge >= 0.3 is 0 Å².